The summed E-state index contributed by atoms with van der Waals surface area (Å²) in [5, 5.41) is 4.30. The van der Waals surface area contributed by atoms with E-state index >= 15 is 0 Å². The molecule has 3 N–H and O–H groups in total. The number of thiocarbonyl (C=S) groups is 1. The van der Waals surface area contributed by atoms with E-state index in [1.54, 1.807) is 48.9 Å². The molecule has 0 fully saturated rings. The normalized spacial score (nSPS) is 9.78. The predicted octanol–water partition coefficient (Wildman–Crippen LogP) is 1.63. The number of ether oxygens (including phenoxy) is 1. The third kappa shape index (κ3) is 5.35. The van der Waals surface area contributed by atoms with Crippen LogP contribution >= 0.6 is 23.6 Å². The standard InChI is InChI=1S/C15H15N3O3S2/c1-21-11-6-4-10(5-7-11)9-13(19)17-18-15(22)16-14(20)12-3-2-8-23-12/h2-8H,9H2,1H3,(H,17,19)(H2,16,18,20,22). The van der Waals surface area contributed by atoms with E-state index in [0.717, 1.165) is 11.3 Å². The summed E-state index contributed by atoms with van der Waals surface area (Å²) >= 11 is 6.26. The molecule has 120 valence electrons. The van der Waals surface area contributed by atoms with Gasteiger partial charge in [-0.05, 0) is 41.4 Å². The van der Waals surface area contributed by atoms with Gasteiger partial charge in [0.15, 0.2) is 5.11 Å². The van der Waals surface area contributed by atoms with E-state index in [1.165, 1.54) is 11.3 Å². The fourth-order valence-corrected chi connectivity index (χ4v) is 2.47. The maximum atomic E-state index is 11.8. The van der Waals surface area contributed by atoms with Crippen LogP contribution in [0.15, 0.2) is 41.8 Å². The highest BCUT2D eigenvalue weighted by Crippen LogP contribution is 2.11. The van der Waals surface area contributed by atoms with Gasteiger partial charge < -0.3 is 4.74 Å². The minimum absolute atomic E-state index is 0.0338. The summed E-state index contributed by atoms with van der Waals surface area (Å²) < 4.78 is 5.05. The lowest BCUT2D eigenvalue weighted by Gasteiger charge is -2.10. The third-order valence-corrected chi connectivity index (χ3v) is 3.88. The Morgan fingerprint density at radius 3 is 2.52 bits per heavy atom. The Labute approximate surface area is 142 Å². The lowest BCUT2D eigenvalue weighted by molar-refractivity contribution is -0.121. The Bertz CT molecular complexity index is 685. The number of amides is 2. The molecule has 2 amide bonds. The zero-order valence-corrected chi connectivity index (χ0v) is 13.9. The Kier molecular flexibility index (Phi) is 6.07. The molecule has 0 bridgehead atoms. The quantitative estimate of drug-likeness (QED) is 0.578. The SMILES string of the molecule is COc1ccc(CC(=O)NNC(=S)NC(=O)c2cccs2)cc1. The van der Waals surface area contributed by atoms with Crippen molar-refractivity contribution in [2.24, 2.45) is 0 Å². The number of thiophene rings is 1. The largest absolute Gasteiger partial charge is 0.497 e. The molecular formula is C15H15N3O3S2. The zero-order chi connectivity index (χ0) is 16.7. The molecule has 0 atom stereocenters. The van der Waals surface area contributed by atoms with Gasteiger partial charge in [-0.25, -0.2) is 0 Å². The van der Waals surface area contributed by atoms with E-state index in [-0.39, 0.29) is 23.3 Å². The summed E-state index contributed by atoms with van der Waals surface area (Å²) in [5.41, 5.74) is 5.77. The summed E-state index contributed by atoms with van der Waals surface area (Å²) in [5.74, 6) is 0.134. The molecule has 0 spiro atoms. The first-order valence-electron chi connectivity index (χ1n) is 6.65. The van der Waals surface area contributed by atoms with Gasteiger partial charge in [0.05, 0.1) is 18.4 Å². The van der Waals surface area contributed by atoms with Gasteiger partial charge in [0.1, 0.15) is 5.75 Å². The summed E-state index contributed by atoms with van der Waals surface area (Å²) in [6, 6.07) is 10.6. The third-order valence-electron chi connectivity index (χ3n) is 2.81. The molecule has 0 radical (unpaired) electrons. The highest BCUT2D eigenvalue weighted by molar-refractivity contribution is 7.80. The molecule has 23 heavy (non-hydrogen) atoms. The number of carbonyl (C=O) groups excluding carboxylic acids is 2. The van der Waals surface area contributed by atoms with Crippen molar-refractivity contribution in [1.29, 1.82) is 0 Å². The number of methoxy groups -OCH3 is 1. The van der Waals surface area contributed by atoms with Crippen molar-refractivity contribution in [2.75, 3.05) is 7.11 Å². The van der Waals surface area contributed by atoms with Crippen molar-refractivity contribution >= 4 is 40.5 Å². The highest BCUT2D eigenvalue weighted by Gasteiger charge is 2.09. The van der Waals surface area contributed by atoms with Gasteiger partial charge in [-0.1, -0.05) is 18.2 Å². The van der Waals surface area contributed by atoms with Crippen molar-refractivity contribution in [3.8, 4) is 5.75 Å². The first kappa shape index (κ1) is 16.9. The summed E-state index contributed by atoms with van der Waals surface area (Å²) in [6.45, 7) is 0. The van der Waals surface area contributed by atoms with E-state index < -0.39 is 0 Å². The summed E-state index contributed by atoms with van der Waals surface area (Å²) in [4.78, 5) is 24.1. The van der Waals surface area contributed by atoms with Crippen molar-refractivity contribution in [3.63, 3.8) is 0 Å². The average molecular weight is 349 g/mol. The van der Waals surface area contributed by atoms with Gasteiger partial charge in [0, 0.05) is 0 Å². The van der Waals surface area contributed by atoms with Gasteiger partial charge in [-0.2, -0.15) is 0 Å². The highest BCUT2D eigenvalue weighted by atomic mass is 32.1. The fraction of sp³-hybridized carbons (Fsp3) is 0.133. The molecule has 6 nitrogen and oxygen atoms in total. The molecule has 0 aliphatic heterocycles. The lowest BCUT2D eigenvalue weighted by Crippen LogP contribution is -2.48. The van der Waals surface area contributed by atoms with E-state index in [2.05, 4.69) is 16.2 Å². The fourth-order valence-electron chi connectivity index (χ4n) is 1.70. The van der Waals surface area contributed by atoms with Crippen LogP contribution in [-0.4, -0.2) is 24.0 Å². The van der Waals surface area contributed by atoms with Crippen molar-refractivity contribution in [3.05, 3.63) is 52.2 Å². The van der Waals surface area contributed by atoms with Crippen LogP contribution in [0.25, 0.3) is 0 Å². The average Bonchev–Trinajstić information content (AvgIpc) is 3.08. The summed E-state index contributed by atoms with van der Waals surface area (Å²) in [6.07, 6.45) is 0.179. The number of rotatable bonds is 4. The van der Waals surface area contributed by atoms with Crippen LogP contribution in [0.2, 0.25) is 0 Å². The lowest BCUT2D eigenvalue weighted by atomic mass is 10.1. The van der Waals surface area contributed by atoms with Crippen LogP contribution in [0.3, 0.4) is 0 Å². The number of hydrazine groups is 1. The smallest absolute Gasteiger partial charge is 0.267 e. The van der Waals surface area contributed by atoms with Crippen LogP contribution in [0.1, 0.15) is 15.2 Å². The van der Waals surface area contributed by atoms with Gasteiger partial charge in [0.25, 0.3) is 5.91 Å². The van der Waals surface area contributed by atoms with Gasteiger partial charge in [-0.3, -0.25) is 25.8 Å². The molecule has 0 unspecified atom stereocenters. The van der Waals surface area contributed by atoms with Crippen LogP contribution in [0.4, 0.5) is 0 Å². The van der Waals surface area contributed by atoms with Crippen LogP contribution in [0.5, 0.6) is 5.75 Å². The van der Waals surface area contributed by atoms with Gasteiger partial charge >= 0.3 is 0 Å². The van der Waals surface area contributed by atoms with Crippen molar-refractivity contribution < 1.29 is 14.3 Å². The molecule has 1 heterocycles. The van der Waals surface area contributed by atoms with E-state index in [9.17, 15) is 9.59 Å². The van der Waals surface area contributed by atoms with Crippen LogP contribution < -0.4 is 20.9 Å². The second-order valence-corrected chi connectivity index (χ2v) is 5.81. The van der Waals surface area contributed by atoms with E-state index in [1.807, 2.05) is 0 Å². The number of nitrogens with one attached hydrogen (secondary N) is 3. The maximum absolute atomic E-state index is 11.8. The number of benzene rings is 1. The summed E-state index contributed by atoms with van der Waals surface area (Å²) in [7, 11) is 1.58. The molecule has 0 saturated heterocycles. The number of carbonyl (C=O) groups is 2. The van der Waals surface area contributed by atoms with Crippen LogP contribution in [-0.2, 0) is 11.2 Å². The van der Waals surface area contributed by atoms with E-state index in [0.29, 0.717) is 4.88 Å². The van der Waals surface area contributed by atoms with E-state index in [4.69, 9.17) is 17.0 Å². The Balaban J connectivity index is 1.75. The molecule has 1 aromatic carbocycles. The Morgan fingerprint density at radius 2 is 1.91 bits per heavy atom. The van der Waals surface area contributed by atoms with Gasteiger partial charge in [-0.15, -0.1) is 11.3 Å². The second kappa shape index (κ2) is 8.25. The van der Waals surface area contributed by atoms with Crippen LogP contribution in [0, 0.1) is 0 Å². The van der Waals surface area contributed by atoms with Crippen molar-refractivity contribution in [2.45, 2.75) is 6.42 Å². The molecule has 0 aliphatic rings. The Hall–Kier alpha value is -2.45. The number of hydrogen-bond acceptors (Lipinski definition) is 5. The first-order valence-corrected chi connectivity index (χ1v) is 7.94. The minimum Gasteiger partial charge on any atom is -0.497 e. The van der Waals surface area contributed by atoms with Gasteiger partial charge in [0.2, 0.25) is 5.91 Å². The maximum Gasteiger partial charge on any atom is 0.267 e. The topological polar surface area (TPSA) is 79.5 Å². The number of hydrogen-bond donors (Lipinski definition) is 3. The monoisotopic (exact) mass is 349 g/mol. The molecule has 2 rings (SSSR count). The molecule has 1 aromatic heterocycles. The second-order valence-electron chi connectivity index (χ2n) is 4.46. The molecule has 8 heteroatoms. The van der Waals surface area contributed by atoms with Crippen molar-refractivity contribution in [1.82, 2.24) is 16.2 Å². The predicted molar refractivity (Wildman–Crippen MR) is 92.4 cm³/mol. The minimum atomic E-state index is -0.318. The molecular weight excluding hydrogens is 334 g/mol. The molecule has 2 aromatic rings. The first-order chi connectivity index (χ1) is 11.1. The Morgan fingerprint density at radius 1 is 1.17 bits per heavy atom. The molecule has 0 aliphatic carbocycles. The zero-order valence-electron chi connectivity index (χ0n) is 12.3. The molecule has 0 saturated carbocycles.